The van der Waals surface area contributed by atoms with Gasteiger partial charge in [-0.1, -0.05) is 68.1 Å². The number of methoxy groups -OCH3 is 1. The van der Waals surface area contributed by atoms with Gasteiger partial charge in [0.2, 0.25) is 11.8 Å². The maximum absolute atomic E-state index is 13.4. The molecule has 172 valence electrons. The average molecular weight is 437 g/mol. The Hall–Kier alpha value is -2.82. The Balaban J connectivity index is 1.79. The van der Waals surface area contributed by atoms with Crippen molar-refractivity contribution in [3.63, 3.8) is 0 Å². The SMILES string of the molecule is CC[C@H](C(=O)NC1CCCCC1)N(Cc1ccc(OC)cc1)C(=O)Cc1ccc(C)cc1. The number of hydrogen-bond acceptors (Lipinski definition) is 3. The zero-order valence-electron chi connectivity index (χ0n) is 19.6. The fourth-order valence-corrected chi connectivity index (χ4v) is 4.37. The lowest BCUT2D eigenvalue weighted by Crippen LogP contribution is -2.51. The Bertz CT molecular complexity index is 871. The maximum Gasteiger partial charge on any atom is 0.243 e. The molecule has 0 radical (unpaired) electrons. The normalized spacial score (nSPS) is 15.1. The minimum atomic E-state index is -0.489. The predicted octanol–water partition coefficient (Wildman–Crippen LogP) is 4.80. The van der Waals surface area contributed by atoms with Crippen molar-refractivity contribution in [2.75, 3.05) is 7.11 Å². The average Bonchev–Trinajstić information content (AvgIpc) is 2.81. The first-order valence-corrected chi connectivity index (χ1v) is 11.8. The number of amides is 2. The molecule has 1 fully saturated rings. The third kappa shape index (κ3) is 6.59. The summed E-state index contributed by atoms with van der Waals surface area (Å²) in [6.45, 7) is 4.40. The molecule has 0 aliphatic heterocycles. The van der Waals surface area contributed by atoms with Gasteiger partial charge in [-0.05, 0) is 49.4 Å². The van der Waals surface area contributed by atoms with Gasteiger partial charge in [-0.3, -0.25) is 9.59 Å². The topological polar surface area (TPSA) is 58.6 Å². The van der Waals surface area contributed by atoms with Crippen molar-refractivity contribution in [1.29, 1.82) is 0 Å². The number of nitrogens with zero attached hydrogens (tertiary/aromatic N) is 1. The summed E-state index contributed by atoms with van der Waals surface area (Å²) in [6, 6.07) is 15.4. The van der Waals surface area contributed by atoms with Gasteiger partial charge >= 0.3 is 0 Å². The maximum atomic E-state index is 13.4. The van der Waals surface area contributed by atoms with E-state index in [9.17, 15) is 9.59 Å². The molecule has 0 aromatic heterocycles. The number of benzene rings is 2. The Labute approximate surface area is 192 Å². The molecule has 0 saturated heterocycles. The summed E-state index contributed by atoms with van der Waals surface area (Å²) < 4.78 is 5.26. The summed E-state index contributed by atoms with van der Waals surface area (Å²) in [5.41, 5.74) is 3.10. The van der Waals surface area contributed by atoms with Crippen molar-refractivity contribution in [2.24, 2.45) is 0 Å². The van der Waals surface area contributed by atoms with Gasteiger partial charge in [-0.15, -0.1) is 0 Å². The molecule has 32 heavy (non-hydrogen) atoms. The highest BCUT2D eigenvalue weighted by Crippen LogP contribution is 2.20. The first-order chi connectivity index (χ1) is 15.5. The monoisotopic (exact) mass is 436 g/mol. The minimum absolute atomic E-state index is 0.0321. The number of nitrogens with one attached hydrogen (secondary N) is 1. The molecule has 2 aromatic carbocycles. The molecule has 2 amide bonds. The molecule has 0 spiro atoms. The second-order valence-electron chi connectivity index (χ2n) is 8.80. The van der Waals surface area contributed by atoms with E-state index in [1.165, 1.54) is 6.42 Å². The van der Waals surface area contributed by atoms with Crippen molar-refractivity contribution in [2.45, 2.75) is 77.4 Å². The summed E-state index contributed by atoms with van der Waals surface area (Å²) in [4.78, 5) is 28.4. The van der Waals surface area contributed by atoms with Gasteiger partial charge in [0.1, 0.15) is 11.8 Å². The number of hydrogen-bond donors (Lipinski definition) is 1. The van der Waals surface area contributed by atoms with E-state index < -0.39 is 6.04 Å². The van der Waals surface area contributed by atoms with Crippen molar-refractivity contribution < 1.29 is 14.3 Å². The van der Waals surface area contributed by atoms with Gasteiger partial charge in [0.25, 0.3) is 0 Å². The first kappa shape index (κ1) is 23.8. The van der Waals surface area contributed by atoms with E-state index in [-0.39, 0.29) is 24.3 Å². The van der Waals surface area contributed by atoms with Crippen LogP contribution in [0.2, 0.25) is 0 Å². The lowest BCUT2D eigenvalue weighted by atomic mass is 9.95. The third-order valence-corrected chi connectivity index (χ3v) is 6.33. The van der Waals surface area contributed by atoms with Crippen LogP contribution in [0.25, 0.3) is 0 Å². The smallest absolute Gasteiger partial charge is 0.243 e. The highest BCUT2D eigenvalue weighted by molar-refractivity contribution is 5.88. The van der Waals surface area contributed by atoms with E-state index in [0.29, 0.717) is 13.0 Å². The number of carbonyl (C=O) groups excluding carboxylic acids is 2. The summed E-state index contributed by atoms with van der Waals surface area (Å²) in [5.74, 6) is 0.703. The van der Waals surface area contributed by atoms with Gasteiger partial charge in [0.05, 0.1) is 13.5 Å². The van der Waals surface area contributed by atoms with Crippen molar-refractivity contribution in [1.82, 2.24) is 10.2 Å². The van der Waals surface area contributed by atoms with E-state index in [4.69, 9.17) is 4.74 Å². The van der Waals surface area contributed by atoms with Crippen LogP contribution in [0, 0.1) is 6.92 Å². The molecule has 5 nitrogen and oxygen atoms in total. The molecule has 3 rings (SSSR count). The summed E-state index contributed by atoms with van der Waals surface area (Å²) in [5, 5.41) is 3.23. The van der Waals surface area contributed by atoms with E-state index in [0.717, 1.165) is 48.1 Å². The van der Waals surface area contributed by atoms with Crippen LogP contribution >= 0.6 is 0 Å². The summed E-state index contributed by atoms with van der Waals surface area (Å²) in [6.07, 6.45) is 6.46. The van der Waals surface area contributed by atoms with Gasteiger partial charge < -0.3 is 15.0 Å². The largest absolute Gasteiger partial charge is 0.497 e. The van der Waals surface area contributed by atoms with Crippen LogP contribution < -0.4 is 10.1 Å². The lowest BCUT2D eigenvalue weighted by Gasteiger charge is -2.33. The van der Waals surface area contributed by atoms with Crippen LogP contribution in [-0.4, -0.2) is 35.9 Å². The van der Waals surface area contributed by atoms with Gasteiger partial charge in [-0.25, -0.2) is 0 Å². The molecule has 1 aliphatic carbocycles. The molecule has 1 aliphatic rings. The standard InChI is InChI=1S/C27H36N2O3/c1-4-25(27(31)28-23-8-6-5-7-9-23)29(19-22-14-16-24(32-3)17-15-22)26(30)18-21-12-10-20(2)11-13-21/h10-17,23,25H,4-9,18-19H2,1-3H3,(H,28,31)/t25-/m1/s1. The van der Waals surface area contributed by atoms with Crippen LogP contribution in [0.1, 0.15) is 62.1 Å². The highest BCUT2D eigenvalue weighted by Gasteiger charge is 2.30. The zero-order valence-corrected chi connectivity index (χ0v) is 19.6. The molecule has 1 saturated carbocycles. The van der Waals surface area contributed by atoms with Crippen LogP contribution in [0.15, 0.2) is 48.5 Å². The third-order valence-electron chi connectivity index (χ3n) is 6.33. The van der Waals surface area contributed by atoms with Crippen molar-refractivity contribution in [3.8, 4) is 5.75 Å². The van der Waals surface area contributed by atoms with Crippen molar-refractivity contribution in [3.05, 3.63) is 65.2 Å². The molecule has 0 bridgehead atoms. The van der Waals surface area contributed by atoms with E-state index in [1.807, 2.05) is 62.4 Å². The highest BCUT2D eigenvalue weighted by atomic mass is 16.5. The Morgan fingerprint density at radius 3 is 2.22 bits per heavy atom. The van der Waals surface area contributed by atoms with Crippen LogP contribution in [0.3, 0.4) is 0 Å². The fraction of sp³-hybridized carbons (Fsp3) is 0.481. The second-order valence-corrected chi connectivity index (χ2v) is 8.80. The molecule has 1 atom stereocenters. The van der Waals surface area contributed by atoms with E-state index in [2.05, 4.69) is 5.32 Å². The number of carbonyl (C=O) groups is 2. The molecule has 0 heterocycles. The van der Waals surface area contributed by atoms with Crippen LogP contribution in [-0.2, 0) is 22.6 Å². The molecule has 1 N–H and O–H groups in total. The number of rotatable bonds is 9. The molecular formula is C27H36N2O3. The van der Waals surface area contributed by atoms with Crippen LogP contribution in [0.5, 0.6) is 5.75 Å². The Morgan fingerprint density at radius 1 is 1.00 bits per heavy atom. The molecule has 5 heteroatoms. The van der Waals surface area contributed by atoms with E-state index >= 15 is 0 Å². The lowest BCUT2D eigenvalue weighted by molar-refractivity contribution is -0.141. The number of aryl methyl sites for hydroxylation is 1. The fourth-order valence-electron chi connectivity index (χ4n) is 4.37. The quantitative estimate of drug-likeness (QED) is 0.614. The summed E-state index contributed by atoms with van der Waals surface area (Å²) >= 11 is 0. The molecular weight excluding hydrogens is 400 g/mol. The predicted molar refractivity (Wildman–Crippen MR) is 128 cm³/mol. The second kappa shape index (κ2) is 11.7. The Kier molecular flexibility index (Phi) is 8.72. The first-order valence-electron chi connectivity index (χ1n) is 11.8. The van der Waals surface area contributed by atoms with Gasteiger partial charge in [0.15, 0.2) is 0 Å². The van der Waals surface area contributed by atoms with Crippen molar-refractivity contribution >= 4 is 11.8 Å². The summed E-state index contributed by atoms with van der Waals surface area (Å²) in [7, 11) is 1.63. The van der Waals surface area contributed by atoms with Crippen LogP contribution in [0.4, 0.5) is 0 Å². The number of ether oxygens (including phenoxy) is 1. The molecule has 2 aromatic rings. The molecule has 0 unspecified atom stereocenters. The zero-order chi connectivity index (χ0) is 22.9. The van der Waals surface area contributed by atoms with Gasteiger partial charge in [-0.2, -0.15) is 0 Å². The minimum Gasteiger partial charge on any atom is -0.497 e. The van der Waals surface area contributed by atoms with E-state index in [1.54, 1.807) is 12.0 Å². The Morgan fingerprint density at radius 2 is 1.62 bits per heavy atom. The van der Waals surface area contributed by atoms with Gasteiger partial charge in [0, 0.05) is 12.6 Å².